The van der Waals surface area contributed by atoms with Gasteiger partial charge in [-0.15, -0.1) is 23.7 Å². The van der Waals surface area contributed by atoms with Gasteiger partial charge in [-0.2, -0.15) is 0 Å². The van der Waals surface area contributed by atoms with Crippen molar-refractivity contribution in [3.05, 3.63) is 57.8 Å². The molecule has 2 aromatic rings. The van der Waals surface area contributed by atoms with Crippen molar-refractivity contribution in [3.8, 4) is 0 Å². The molecule has 0 radical (unpaired) electrons. The minimum absolute atomic E-state index is 0. The number of thiophene rings is 1. The highest BCUT2D eigenvalue weighted by atomic mass is 35.5. The van der Waals surface area contributed by atoms with Crippen molar-refractivity contribution >= 4 is 41.5 Å². The van der Waals surface area contributed by atoms with E-state index in [0.717, 1.165) is 36.1 Å². The summed E-state index contributed by atoms with van der Waals surface area (Å²) >= 11 is 1.61. The van der Waals surface area contributed by atoms with Gasteiger partial charge in [0.2, 0.25) is 11.8 Å². The molecule has 1 unspecified atom stereocenters. The molecule has 2 fully saturated rings. The number of rotatable bonds is 8. The molecule has 1 aliphatic carbocycles. The molecule has 1 aromatic carbocycles. The lowest BCUT2D eigenvalue weighted by Gasteiger charge is -2.42. The van der Waals surface area contributed by atoms with Crippen molar-refractivity contribution in [3.63, 3.8) is 0 Å². The third-order valence-corrected chi connectivity index (χ3v) is 8.82. The average Bonchev–Trinajstić information content (AvgIpc) is 3.42. The van der Waals surface area contributed by atoms with Crippen LogP contribution < -0.4 is 11.1 Å². The van der Waals surface area contributed by atoms with E-state index in [9.17, 15) is 14.4 Å². The highest BCUT2D eigenvalue weighted by Gasteiger charge is 2.43. The number of benzene rings is 1. The molecule has 3 N–H and O–H groups in total. The lowest BCUT2D eigenvalue weighted by molar-refractivity contribution is -0.141. The van der Waals surface area contributed by atoms with Crippen LogP contribution in [0.1, 0.15) is 65.7 Å². The van der Waals surface area contributed by atoms with E-state index in [0.29, 0.717) is 44.3 Å². The van der Waals surface area contributed by atoms with E-state index in [1.807, 2.05) is 46.7 Å². The molecule has 38 heavy (non-hydrogen) atoms. The summed E-state index contributed by atoms with van der Waals surface area (Å²) in [5.74, 6) is 0.0195. The summed E-state index contributed by atoms with van der Waals surface area (Å²) in [5, 5.41) is 5.36. The van der Waals surface area contributed by atoms with Gasteiger partial charge in [-0.05, 0) is 61.2 Å². The van der Waals surface area contributed by atoms with Gasteiger partial charge >= 0.3 is 0 Å². The topological polar surface area (TPSA) is 95.7 Å². The first-order valence-electron chi connectivity index (χ1n) is 13.5. The Morgan fingerprint density at radius 2 is 1.74 bits per heavy atom. The van der Waals surface area contributed by atoms with Crippen LogP contribution in [0, 0.1) is 5.41 Å². The van der Waals surface area contributed by atoms with Crippen molar-refractivity contribution < 1.29 is 14.4 Å². The Morgan fingerprint density at radius 3 is 2.32 bits per heavy atom. The van der Waals surface area contributed by atoms with Gasteiger partial charge in [-0.1, -0.05) is 37.5 Å². The molecule has 208 valence electrons. The highest BCUT2D eigenvalue weighted by Crippen LogP contribution is 2.37. The molecule has 1 saturated heterocycles. The Morgan fingerprint density at radius 1 is 1.08 bits per heavy atom. The summed E-state index contributed by atoms with van der Waals surface area (Å²) in [5.41, 5.74) is 7.36. The van der Waals surface area contributed by atoms with E-state index in [-0.39, 0.29) is 36.2 Å². The number of carbonyl (C=O) groups is 3. The molecule has 4 rings (SSSR count). The maximum Gasteiger partial charge on any atom is 0.253 e. The number of carbonyl (C=O) groups excluding carboxylic acids is 3. The van der Waals surface area contributed by atoms with Gasteiger partial charge < -0.3 is 20.9 Å². The third-order valence-electron chi connectivity index (χ3n) is 7.92. The monoisotopic (exact) mass is 560 g/mol. The van der Waals surface area contributed by atoms with Crippen LogP contribution in [0.25, 0.3) is 0 Å². The number of halogens is 1. The van der Waals surface area contributed by atoms with E-state index < -0.39 is 11.5 Å². The quantitative estimate of drug-likeness (QED) is 0.509. The Hall–Kier alpha value is -2.42. The van der Waals surface area contributed by atoms with Crippen molar-refractivity contribution in [2.24, 2.45) is 11.1 Å². The van der Waals surface area contributed by atoms with Gasteiger partial charge in [0.1, 0.15) is 0 Å². The first-order valence-corrected chi connectivity index (χ1v) is 14.3. The first-order chi connectivity index (χ1) is 17.8. The molecule has 1 aliphatic heterocycles. The van der Waals surface area contributed by atoms with Crippen molar-refractivity contribution in [1.82, 2.24) is 15.1 Å². The number of nitrogens with zero attached hydrogens (tertiary/aromatic N) is 2. The molecule has 7 nitrogen and oxygen atoms in total. The minimum atomic E-state index is -0.584. The van der Waals surface area contributed by atoms with Gasteiger partial charge in [-0.25, -0.2) is 0 Å². The van der Waals surface area contributed by atoms with Crippen molar-refractivity contribution in [2.75, 3.05) is 27.2 Å². The van der Waals surface area contributed by atoms with Crippen LogP contribution in [0.2, 0.25) is 0 Å². The van der Waals surface area contributed by atoms with Crippen LogP contribution in [0.3, 0.4) is 0 Å². The average molecular weight is 561 g/mol. The number of nitrogens with one attached hydrogen (secondary N) is 1. The van der Waals surface area contributed by atoms with Crippen LogP contribution >= 0.6 is 23.7 Å². The molecule has 0 spiro atoms. The van der Waals surface area contributed by atoms with Crippen LogP contribution in [0.4, 0.5) is 0 Å². The summed E-state index contributed by atoms with van der Waals surface area (Å²) < 4.78 is 0. The molecule has 3 amide bonds. The maximum atomic E-state index is 13.8. The molecular formula is C29H41ClN4O3S. The molecule has 0 bridgehead atoms. The molecule has 1 saturated carbocycles. The molecule has 2 aliphatic rings. The van der Waals surface area contributed by atoms with E-state index in [1.54, 1.807) is 30.3 Å². The fourth-order valence-electron chi connectivity index (χ4n) is 5.61. The predicted octanol–water partition coefficient (Wildman–Crippen LogP) is 4.04. The van der Waals surface area contributed by atoms with Crippen LogP contribution in [0.15, 0.2) is 41.8 Å². The number of piperidine rings is 1. The van der Waals surface area contributed by atoms with E-state index in [1.165, 1.54) is 6.42 Å². The van der Waals surface area contributed by atoms with Crippen LogP contribution in [-0.4, -0.2) is 66.8 Å². The normalized spacial score (nSPS) is 18.2. The van der Waals surface area contributed by atoms with Crippen LogP contribution in [-0.2, 0) is 22.4 Å². The molecule has 9 heteroatoms. The van der Waals surface area contributed by atoms with E-state index >= 15 is 0 Å². The zero-order valence-electron chi connectivity index (χ0n) is 22.5. The fraction of sp³-hybridized carbons (Fsp3) is 0.552. The zero-order chi connectivity index (χ0) is 26.4. The minimum Gasteiger partial charge on any atom is -0.353 e. The SMILES string of the molecule is CN(C)C(=O)c1ccc(CC2(C(=O)NC3CCCCC3)CCN(C(=O)C(N)Cc3cccs3)CC2)cc1.Cl. The number of hydrogen-bond acceptors (Lipinski definition) is 5. The molecule has 1 atom stereocenters. The lowest BCUT2D eigenvalue weighted by Crippen LogP contribution is -2.55. The predicted molar refractivity (Wildman–Crippen MR) is 155 cm³/mol. The summed E-state index contributed by atoms with van der Waals surface area (Å²) in [6.45, 7) is 1.04. The summed E-state index contributed by atoms with van der Waals surface area (Å²) in [4.78, 5) is 43.7. The standard InChI is InChI=1S/C29H40N4O3S.ClH/c1-32(2)26(34)22-12-10-21(11-13-22)20-29(28(36)31-23-7-4-3-5-8-23)14-16-33(17-15-29)27(35)25(30)19-24-9-6-18-37-24;/h6,9-13,18,23,25H,3-5,7-8,14-17,19-20,30H2,1-2H3,(H,31,36);1H. The molecular weight excluding hydrogens is 520 g/mol. The number of likely N-dealkylation sites (tertiary alicyclic amines) is 1. The third kappa shape index (κ3) is 7.36. The van der Waals surface area contributed by atoms with Crippen LogP contribution in [0.5, 0.6) is 0 Å². The lowest BCUT2D eigenvalue weighted by atomic mass is 9.72. The highest BCUT2D eigenvalue weighted by molar-refractivity contribution is 7.09. The van der Waals surface area contributed by atoms with Crippen molar-refractivity contribution in [2.45, 2.75) is 69.9 Å². The summed E-state index contributed by atoms with van der Waals surface area (Å²) in [6.07, 6.45) is 7.94. The molecule has 1 aromatic heterocycles. The second-order valence-corrected chi connectivity index (χ2v) is 11.9. The number of nitrogens with two attached hydrogens (primary N) is 1. The fourth-order valence-corrected chi connectivity index (χ4v) is 6.37. The van der Waals surface area contributed by atoms with Gasteiger partial charge in [-0.3, -0.25) is 14.4 Å². The maximum absolute atomic E-state index is 13.8. The number of hydrogen-bond donors (Lipinski definition) is 2. The Balaban J connectivity index is 0.00000400. The second-order valence-electron chi connectivity index (χ2n) is 10.9. The Kier molecular flexibility index (Phi) is 10.8. The summed E-state index contributed by atoms with van der Waals surface area (Å²) in [6, 6.07) is 11.2. The zero-order valence-corrected chi connectivity index (χ0v) is 24.1. The van der Waals surface area contributed by atoms with Gasteiger partial charge in [0.05, 0.1) is 11.5 Å². The largest absolute Gasteiger partial charge is 0.353 e. The van der Waals surface area contributed by atoms with Gasteiger partial charge in [0, 0.05) is 50.1 Å². The first kappa shape index (κ1) is 30.1. The van der Waals surface area contributed by atoms with Gasteiger partial charge in [0.15, 0.2) is 0 Å². The van der Waals surface area contributed by atoms with E-state index in [2.05, 4.69) is 5.32 Å². The second kappa shape index (κ2) is 13.6. The molecule has 2 heterocycles. The van der Waals surface area contributed by atoms with Gasteiger partial charge in [0.25, 0.3) is 5.91 Å². The Labute approximate surface area is 236 Å². The van der Waals surface area contributed by atoms with E-state index in [4.69, 9.17) is 5.73 Å². The Bertz CT molecular complexity index is 1060. The smallest absolute Gasteiger partial charge is 0.253 e. The summed E-state index contributed by atoms with van der Waals surface area (Å²) in [7, 11) is 3.48. The number of amides is 3. The van der Waals surface area contributed by atoms with Crippen molar-refractivity contribution in [1.29, 1.82) is 0 Å².